The number of hydrogen-bond donors (Lipinski definition) is 2. The molecule has 2 heterocycles. The summed E-state index contributed by atoms with van der Waals surface area (Å²) in [6, 6.07) is 7.03. The van der Waals surface area contributed by atoms with Crippen molar-refractivity contribution in [2.24, 2.45) is 13.0 Å². The molecule has 0 amide bonds. The summed E-state index contributed by atoms with van der Waals surface area (Å²) in [6.45, 7) is 0. The zero-order valence-corrected chi connectivity index (χ0v) is 20.0. The fourth-order valence-corrected chi connectivity index (χ4v) is 5.96. The number of hydrogen-bond acceptors (Lipinski definition) is 6. The van der Waals surface area contributed by atoms with Crippen molar-refractivity contribution in [2.75, 3.05) is 4.72 Å². The lowest BCUT2D eigenvalue weighted by Gasteiger charge is -2.22. The number of aryl methyl sites for hydroxylation is 2. The topological polar surface area (TPSA) is 114 Å². The molecule has 0 unspecified atom stereocenters. The molecule has 0 saturated heterocycles. The van der Waals surface area contributed by atoms with E-state index in [0.717, 1.165) is 49.7 Å². The third kappa shape index (κ3) is 4.49. The number of imidazole rings is 1. The predicted octanol–water partition coefficient (Wildman–Crippen LogP) is 4.08. The minimum Gasteiger partial charge on any atom is -0.507 e. The molecule has 2 aromatic heterocycles. The van der Waals surface area contributed by atoms with Gasteiger partial charge in [0, 0.05) is 36.8 Å². The van der Waals surface area contributed by atoms with Crippen molar-refractivity contribution in [3.8, 4) is 5.75 Å². The van der Waals surface area contributed by atoms with Crippen LogP contribution in [0.5, 0.6) is 5.75 Å². The maximum Gasteiger partial charge on any atom is 0.343 e. The number of nitrogens with zero attached hydrogens (tertiary/aromatic N) is 2. The number of aromatic nitrogens is 2. The Balaban J connectivity index is 1.53. The van der Waals surface area contributed by atoms with Gasteiger partial charge in [0.1, 0.15) is 11.5 Å². The average Bonchev–Trinajstić information content (AvgIpc) is 3.51. The number of fused-ring (bicyclic) bond motifs is 1. The average molecular weight is 484 g/mol. The molecule has 8 nitrogen and oxygen atoms in total. The van der Waals surface area contributed by atoms with Gasteiger partial charge in [-0.1, -0.05) is 25.0 Å². The molecule has 9 heteroatoms. The van der Waals surface area contributed by atoms with Gasteiger partial charge in [-0.2, -0.15) is 8.42 Å². The molecule has 1 atom stereocenters. The first kappa shape index (κ1) is 22.7. The lowest BCUT2D eigenvalue weighted by molar-refractivity contribution is 0.382. The number of anilines is 1. The van der Waals surface area contributed by atoms with Gasteiger partial charge >= 0.3 is 5.63 Å². The van der Waals surface area contributed by atoms with Gasteiger partial charge in [0.05, 0.1) is 11.9 Å². The summed E-state index contributed by atoms with van der Waals surface area (Å²) >= 11 is 0. The Morgan fingerprint density at radius 1 is 1.18 bits per heavy atom. The lowest BCUT2D eigenvalue weighted by atomic mass is 9.85. The molecule has 2 N–H and O–H groups in total. The Labute approximate surface area is 198 Å². The zero-order valence-electron chi connectivity index (χ0n) is 19.2. The van der Waals surface area contributed by atoms with Gasteiger partial charge in [0.15, 0.2) is 5.03 Å². The van der Waals surface area contributed by atoms with E-state index in [1.165, 1.54) is 12.5 Å². The Bertz CT molecular complexity index is 1370. The summed E-state index contributed by atoms with van der Waals surface area (Å²) < 4.78 is 35.4. The minimum absolute atomic E-state index is 0.0597. The zero-order chi connectivity index (χ0) is 23.9. The second-order valence-electron chi connectivity index (χ2n) is 9.39. The third-order valence-corrected chi connectivity index (χ3v) is 8.02. The SMILES string of the molecule is Cn1cnc(S(=O)(=O)Nc2cccc([C@H](c3c(O)c4c(oc3=O)CCCCCC4)C3CC3)c2)c1. The second kappa shape index (κ2) is 8.94. The van der Waals surface area contributed by atoms with Gasteiger partial charge in [-0.25, -0.2) is 9.78 Å². The van der Waals surface area contributed by atoms with E-state index in [2.05, 4.69) is 9.71 Å². The van der Waals surface area contributed by atoms with Gasteiger partial charge in [-0.15, -0.1) is 0 Å². The van der Waals surface area contributed by atoms with Crippen LogP contribution in [-0.4, -0.2) is 23.1 Å². The summed E-state index contributed by atoms with van der Waals surface area (Å²) in [5.41, 5.74) is 1.72. The Hall–Kier alpha value is -3.07. The van der Waals surface area contributed by atoms with Gasteiger partial charge in [0.25, 0.3) is 10.0 Å². The van der Waals surface area contributed by atoms with Gasteiger partial charge in [-0.05, 0) is 55.7 Å². The van der Waals surface area contributed by atoms with Crippen molar-refractivity contribution >= 4 is 15.7 Å². The molecule has 1 aromatic carbocycles. The van der Waals surface area contributed by atoms with Crippen LogP contribution in [0.3, 0.4) is 0 Å². The van der Waals surface area contributed by atoms with Crippen molar-refractivity contribution in [2.45, 2.75) is 62.3 Å². The molecule has 2 aliphatic rings. The highest BCUT2D eigenvalue weighted by Gasteiger charge is 2.38. The van der Waals surface area contributed by atoms with Crippen molar-refractivity contribution in [1.82, 2.24) is 9.55 Å². The van der Waals surface area contributed by atoms with Crippen LogP contribution in [-0.2, 0) is 29.9 Å². The molecule has 2 aliphatic carbocycles. The monoisotopic (exact) mass is 483 g/mol. The molecule has 1 fully saturated rings. The summed E-state index contributed by atoms with van der Waals surface area (Å²) in [5, 5.41) is 11.2. The smallest absolute Gasteiger partial charge is 0.343 e. The van der Waals surface area contributed by atoms with E-state index in [1.54, 1.807) is 29.8 Å². The van der Waals surface area contributed by atoms with Crippen molar-refractivity contribution in [1.29, 1.82) is 0 Å². The molecule has 0 spiro atoms. The number of sulfonamides is 1. The van der Waals surface area contributed by atoms with E-state index in [-0.39, 0.29) is 22.6 Å². The third-order valence-electron chi connectivity index (χ3n) is 6.75. The fraction of sp³-hybridized carbons (Fsp3) is 0.440. The fourth-order valence-electron chi connectivity index (χ4n) is 4.93. The first-order valence-corrected chi connectivity index (χ1v) is 13.3. The van der Waals surface area contributed by atoms with E-state index in [0.29, 0.717) is 29.9 Å². The molecule has 34 heavy (non-hydrogen) atoms. The van der Waals surface area contributed by atoms with E-state index < -0.39 is 15.6 Å². The first-order valence-electron chi connectivity index (χ1n) is 11.8. The molecule has 0 aliphatic heterocycles. The Morgan fingerprint density at radius 2 is 1.94 bits per heavy atom. The van der Waals surface area contributed by atoms with E-state index in [1.807, 2.05) is 6.07 Å². The molecule has 5 rings (SSSR count). The number of benzene rings is 1. The van der Waals surface area contributed by atoms with Crippen LogP contribution in [0.2, 0.25) is 0 Å². The van der Waals surface area contributed by atoms with Crippen LogP contribution in [0.4, 0.5) is 5.69 Å². The maximum atomic E-state index is 13.1. The summed E-state index contributed by atoms with van der Waals surface area (Å²) in [7, 11) is -2.15. The standard InChI is InChI=1S/C25H29N3O5S/c1-28-14-21(26-15-28)34(31,32)27-18-8-6-7-17(13-18)22(16-11-12-16)23-24(29)19-9-4-2-3-5-10-20(19)33-25(23)30/h6-8,13-16,22,27,29H,2-5,9-12H2,1H3/t22-/m1/s1. The van der Waals surface area contributed by atoms with E-state index in [9.17, 15) is 18.3 Å². The van der Waals surface area contributed by atoms with Crippen LogP contribution >= 0.6 is 0 Å². The molecule has 1 saturated carbocycles. The Morgan fingerprint density at radius 3 is 2.65 bits per heavy atom. The molecule has 180 valence electrons. The van der Waals surface area contributed by atoms with Crippen LogP contribution in [0.1, 0.15) is 66.9 Å². The summed E-state index contributed by atoms with van der Waals surface area (Å²) in [5.74, 6) is 0.510. The molecular weight excluding hydrogens is 454 g/mol. The number of aromatic hydroxyl groups is 1. The van der Waals surface area contributed by atoms with Gasteiger partial charge in [-0.3, -0.25) is 4.72 Å². The lowest BCUT2D eigenvalue weighted by Crippen LogP contribution is -2.19. The largest absolute Gasteiger partial charge is 0.507 e. The minimum atomic E-state index is -3.85. The van der Waals surface area contributed by atoms with Crippen molar-refractivity contribution < 1.29 is 17.9 Å². The normalized spacial score (nSPS) is 17.4. The summed E-state index contributed by atoms with van der Waals surface area (Å²) in [4.78, 5) is 17.0. The van der Waals surface area contributed by atoms with E-state index >= 15 is 0 Å². The van der Waals surface area contributed by atoms with Gasteiger partial charge in [0.2, 0.25) is 0 Å². The molecule has 0 radical (unpaired) electrons. The van der Waals surface area contributed by atoms with Crippen LogP contribution < -0.4 is 10.3 Å². The van der Waals surface area contributed by atoms with Gasteiger partial charge < -0.3 is 14.1 Å². The predicted molar refractivity (Wildman–Crippen MR) is 128 cm³/mol. The quantitative estimate of drug-likeness (QED) is 0.546. The van der Waals surface area contributed by atoms with E-state index in [4.69, 9.17) is 4.42 Å². The van der Waals surface area contributed by atoms with Crippen LogP contribution in [0, 0.1) is 5.92 Å². The molecule has 0 bridgehead atoms. The highest BCUT2D eigenvalue weighted by Crippen LogP contribution is 2.49. The second-order valence-corrected chi connectivity index (χ2v) is 11.0. The molecule has 3 aromatic rings. The van der Waals surface area contributed by atoms with Crippen LogP contribution in [0.15, 0.2) is 51.0 Å². The van der Waals surface area contributed by atoms with Crippen molar-refractivity contribution in [3.05, 3.63) is 69.7 Å². The maximum absolute atomic E-state index is 13.1. The summed E-state index contributed by atoms with van der Waals surface area (Å²) in [6.07, 6.45) is 10.2. The highest BCUT2D eigenvalue weighted by molar-refractivity contribution is 7.92. The number of nitrogens with one attached hydrogen (secondary N) is 1. The van der Waals surface area contributed by atoms with Crippen molar-refractivity contribution in [3.63, 3.8) is 0 Å². The highest BCUT2D eigenvalue weighted by atomic mass is 32.2. The first-order chi connectivity index (χ1) is 16.3. The number of rotatable bonds is 6. The Kier molecular flexibility index (Phi) is 5.97. The molecular formula is C25H29N3O5S. The van der Waals surface area contributed by atoms with Crippen LogP contribution in [0.25, 0.3) is 0 Å².